The molecule has 5 rings (SSSR count). The molecule has 39 heavy (non-hydrogen) atoms. The van der Waals surface area contributed by atoms with Gasteiger partial charge in [0, 0.05) is 16.7 Å². The number of hydrogen-bond acceptors (Lipinski definition) is 2. The van der Waals surface area contributed by atoms with Gasteiger partial charge in [-0.2, -0.15) is 0 Å². The Hall–Kier alpha value is -1.57. The summed E-state index contributed by atoms with van der Waals surface area (Å²) >= 11 is 0. The van der Waals surface area contributed by atoms with Gasteiger partial charge < -0.3 is 10.2 Å². The van der Waals surface area contributed by atoms with Gasteiger partial charge in [0.25, 0.3) is 0 Å². The molecule has 0 saturated heterocycles. The third kappa shape index (κ3) is 3.30. The Balaban J connectivity index is 1.69. The predicted octanol–water partition coefficient (Wildman–Crippen LogP) is 8.89. The van der Waals surface area contributed by atoms with Crippen LogP contribution in [0.15, 0.2) is 42.2 Å². The van der Waals surface area contributed by atoms with Crippen LogP contribution in [0.1, 0.15) is 119 Å². The molecule has 0 amide bonds. The summed E-state index contributed by atoms with van der Waals surface area (Å²) in [5, 5.41) is 22.2. The van der Waals surface area contributed by atoms with Crippen molar-refractivity contribution in [1.82, 2.24) is 0 Å². The molecule has 0 radical (unpaired) electrons. The average Bonchev–Trinajstić information content (AvgIpc) is 3.01. The first-order chi connectivity index (χ1) is 18.1. The molecule has 0 aromatic heterocycles. The van der Waals surface area contributed by atoms with E-state index in [1.54, 1.807) is 0 Å². The Bertz CT molecular complexity index is 1160. The van der Waals surface area contributed by atoms with E-state index < -0.39 is 11.4 Å². The lowest BCUT2D eigenvalue weighted by atomic mass is 9.30. The van der Waals surface area contributed by atoms with E-state index in [-0.39, 0.29) is 44.5 Å². The van der Waals surface area contributed by atoms with Gasteiger partial charge in [-0.3, -0.25) is 4.79 Å². The SMILES string of the molecule is C=C=C1CC(C)(C)CC[C@]2(C(=O)O)CC[C@]3(C)C(=CCC4[C@@]5(C)CC[C@H](O)C(C)(CC)[C@]5(C=C)CC[C@]43C)[C@@H]12. The second-order valence-corrected chi connectivity index (χ2v) is 16.1. The number of aliphatic hydroxyl groups is 1. The van der Waals surface area contributed by atoms with E-state index in [9.17, 15) is 15.0 Å². The molecule has 0 aromatic rings. The zero-order valence-electron chi connectivity index (χ0n) is 25.9. The number of carboxylic acid groups (broad SMARTS) is 1. The maximum atomic E-state index is 13.2. The van der Waals surface area contributed by atoms with Gasteiger partial charge in [0.05, 0.1) is 11.5 Å². The number of carbonyl (C=O) groups is 1. The second-order valence-electron chi connectivity index (χ2n) is 16.1. The molecule has 5 aliphatic carbocycles. The van der Waals surface area contributed by atoms with Gasteiger partial charge >= 0.3 is 5.97 Å². The smallest absolute Gasteiger partial charge is 0.310 e. The van der Waals surface area contributed by atoms with E-state index in [0.717, 1.165) is 76.2 Å². The van der Waals surface area contributed by atoms with Crippen LogP contribution in [-0.4, -0.2) is 22.3 Å². The Morgan fingerprint density at radius 2 is 1.69 bits per heavy atom. The quantitative estimate of drug-likeness (QED) is 0.281. The topological polar surface area (TPSA) is 57.5 Å². The average molecular weight is 535 g/mol. The highest BCUT2D eigenvalue weighted by Crippen LogP contribution is 2.79. The highest BCUT2D eigenvalue weighted by atomic mass is 16.4. The molecule has 9 atom stereocenters. The minimum Gasteiger partial charge on any atom is -0.481 e. The lowest BCUT2D eigenvalue weighted by molar-refractivity contribution is -0.241. The summed E-state index contributed by atoms with van der Waals surface area (Å²) in [5.74, 6) is -0.284. The van der Waals surface area contributed by atoms with E-state index in [1.807, 2.05) is 0 Å². The standard InChI is InChI=1S/C36H54O3/c1-10-24-23-30(4,5)17-20-35(29(38)39)21-18-32(7)25(28(24)35)13-14-26-33(32,8)19-22-36(12-3)31(6,11-2)27(37)15-16-34(26,36)9/h12-13,26-28,37H,1,3,11,14-23H2,2,4-9H3,(H,38,39)/t26?,27-,28+,31?,32+,33+,34+,35-,36-/m0/s1. The highest BCUT2D eigenvalue weighted by Gasteiger charge is 2.73. The van der Waals surface area contributed by atoms with Crippen LogP contribution in [0.2, 0.25) is 0 Å². The number of aliphatic hydroxyl groups excluding tert-OH is 1. The number of fused-ring (bicyclic) bond motifs is 7. The third-order valence-electron chi connectivity index (χ3n) is 14.7. The molecule has 2 N–H and O–H groups in total. The molecule has 216 valence electrons. The molecule has 0 spiro atoms. The van der Waals surface area contributed by atoms with Gasteiger partial charge in [-0.25, -0.2) is 0 Å². The van der Waals surface area contributed by atoms with Crippen molar-refractivity contribution in [2.45, 2.75) is 125 Å². The van der Waals surface area contributed by atoms with Crippen LogP contribution in [0.3, 0.4) is 0 Å². The summed E-state index contributed by atoms with van der Waals surface area (Å²) in [5.41, 5.74) is 4.81. The minimum atomic E-state index is -0.762. The normalized spacial score (nSPS) is 50.6. The summed E-state index contributed by atoms with van der Waals surface area (Å²) < 4.78 is 0. The molecule has 2 unspecified atom stereocenters. The van der Waals surface area contributed by atoms with Crippen molar-refractivity contribution in [3.05, 3.63) is 42.2 Å². The molecule has 0 aromatic carbocycles. The maximum absolute atomic E-state index is 13.2. The molecule has 4 saturated carbocycles. The van der Waals surface area contributed by atoms with E-state index >= 15 is 0 Å². The summed E-state index contributed by atoms with van der Waals surface area (Å²) in [6.45, 7) is 25.3. The van der Waals surface area contributed by atoms with Crippen molar-refractivity contribution in [2.75, 3.05) is 0 Å². The van der Waals surface area contributed by atoms with Crippen LogP contribution in [-0.2, 0) is 4.79 Å². The fraction of sp³-hybridized carbons (Fsp3) is 0.778. The molecule has 4 fully saturated rings. The zero-order chi connectivity index (χ0) is 28.9. The Morgan fingerprint density at radius 3 is 2.28 bits per heavy atom. The van der Waals surface area contributed by atoms with Crippen LogP contribution in [0.4, 0.5) is 0 Å². The first-order valence-corrected chi connectivity index (χ1v) is 15.7. The van der Waals surface area contributed by atoms with Crippen molar-refractivity contribution in [2.24, 2.45) is 49.7 Å². The van der Waals surface area contributed by atoms with Gasteiger partial charge in [-0.1, -0.05) is 72.8 Å². The van der Waals surface area contributed by atoms with Gasteiger partial charge in [0.15, 0.2) is 0 Å². The van der Waals surface area contributed by atoms with Crippen molar-refractivity contribution in [3.8, 4) is 0 Å². The molecule has 0 aliphatic heterocycles. The summed E-state index contributed by atoms with van der Waals surface area (Å²) in [6.07, 6.45) is 14.5. The zero-order valence-corrected chi connectivity index (χ0v) is 25.9. The van der Waals surface area contributed by atoms with Gasteiger partial charge in [-0.15, -0.1) is 12.3 Å². The van der Waals surface area contributed by atoms with Crippen LogP contribution in [0.25, 0.3) is 0 Å². The molecule has 3 heteroatoms. The first kappa shape index (κ1) is 28.9. The third-order valence-corrected chi connectivity index (χ3v) is 14.7. The Kier molecular flexibility index (Phi) is 6.47. The van der Waals surface area contributed by atoms with E-state index in [4.69, 9.17) is 0 Å². The molecule has 5 aliphatic rings. The Morgan fingerprint density at radius 1 is 1.03 bits per heavy atom. The fourth-order valence-electron chi connectivity index (χ4n) is 11.8. The van der Waals surface area contributed by atoms with Crippen molar-refractivity contribution < 1.29 is 15.0 Å². The van der Waals surface area contributed by atoms with Gasteiger partial charge in [0.1, 0.15) is 0 Å². The molecule has 0 bridgehead atoms. The number of aliphatic carboxylic acids is 1. The van der Waals surface area contributed by atoms with Gasteiger partial charge in [0.2, 0.25) is 0 Å². The van der Waals surface area contributed by atoms with Crippen LogP contribution in [0.5, 0.6) is 0 Å². The summed E-state index contributed by atoms with van der Waals surface area (Å²) in [4.78, 5) is 13.2. The van der Waals surface area contributed by atoms with E-state index in [0.29, 0.717) is 5.92 Å². The van der Waals surface area contributed by atoms with Crippen molar-refractivity contribution >= 4 is 5.97 Å². The fourth-order valence-corrected chi connectivity index (χ4v) is 11.8. The van der Waals surface area contributed by atoms with Crippen molar-refractivity contribution in [3.63, 3.8) is 0 Å². The van der Waals surface area contributed by atoms with Crippen LogP contribution < -0.4 is 0 Å². The predicted molar refractivity (Wildman–Crippen MR) is 159 cm³/mol. The number of allylic oxidation sites excluding steroid dienone is 4. The monoisotopic (exact) mass is 534 g/mol. The Labute approximate surface area is 237 Å². The van der Waals surface area contributed by atoms with Gasteiger partial charge in [-0.05, 0) is 104 Å². The maximum Gasteiger partial charge on any atom is 0.310 e. The first-order valence-electron chi connectivity index (χ1n) is 15.7. The molecule has 0 heterocycles. The van der Waals surface area contributed by atoms with Crippen LogP contribution >= 0.6 is 0 Å². The van der Waals surface area contributed by atoms with E-state index in [1.165, 1.54) is 5.57 Å². The molecular formula is C36H54O3. The molecular weight excluding hydrogens is 480 g/mol. The second kappa shape index (κ2) is 8.72. The lowest BCUT2D eigenvalue weighted by Gasteiger charge is -2.74. The largest absolute Gasteiger partial charge is 0.481 e. The number of rotatable bonds is 3. The van der Waals surface area contributed by atoms with Crippen molar-refractivity contribution in [1.29, 1.82) is 0 Å². The summed E-state index contributed by atoms with van der Waals surface area (Å²) in [6, 6.07) is 0. The minimum absolute atomic E-state index is 0.0284. The molecule has 3 nitrogen and oxygen atoms in total. The lowest BCUT2D eigenvalue weighted by Crippen LogP contribution is -2.69. The highest BCUT2D eigenvalue weighted by molar-refractivity contribution is 5.77. The number of hydrogen-bond donors (Lipinski definition) is 2. The number of carboxylic acids is 1. The summed E-state index contributed by atoms with van der Waals surface area (Å²) in [7, 11) is 0. The van der Waals surface area contributed by atoms with E-state index in [2.05, 4.69) is 79.5 Å². The van der Waals surface area contributed by atoms with Crippen LogP contribution in [0, 0.1) is 49.7 Å².